The lowest BCUT2D eigenvalue weighted by atomic mass is 9.91. The first-order chi connectivity index (χ1) is 5.61. The normalized spacial score (nSPS) is 9.50. The van der Waals surface area contributed by atoms with Gasteiger partial charge in [0, 0.05) is 0 Å². The van der Waals surface area contributed by atoms with Crippen LogP contribution in [0.25, 0.3) is 0 Å². The van der Waals surface area contributed by atoms with Crippen molar-refractivity contribution in [1.29, 1.82) is 0 Å². The molecule has 1 aromatic heterocycles. The topological polar surface area (TPSA) is 109 Å². The second kappa shape index (κ2) is 3.24. The fraction of sp³-hybridized carbons (Fsp3) is 0. The lowest BCUT2D eigenvalue weighted by Gasteiger charge is -1.94. The number of hydrogen-bond acceptors (Lipinski definition) is 6. The van der Waals surface area contributed by atoms with Crippen LogP contribution in [0.2, 0.25) is 0 Å². The number of hydrogen-bond donors (Lipinski definition) is 2. The fourth-order valence-corrected chi connectivity index (χ4v) is 0.559. The van der Waals surface area contributed by atoms with Crippen LogP contribution in [0.15, 0.2) is 12.4 Å². The fourth-order valence-electron chi connectivity index (χ4n) is 0.559. The highest BCUT2D eigenvalue weighted by atomic mass is 16.6. The molecular weight excluding hydrogens is 165 g/mol. The van der Waals surface area contributed by atoms with Crippen LogP contribution < -0.4 is 5.72 Å². The number of nitro groups is 1. The Kier molecular flexibility index (Phi) is 2.31. The molecule has 0 spiro atoms. The van der Waals surface area contributed by atoms with Gasteiger partial charge in [-0.15, -0.1) is 0 Å². The summed E-state index contributed by atoms with van der Waals surface area (Å²) in [5.74, 6) is 0. The average molecular weight is 169 g/mol. The highest BCUT2D eigenvalue weighted by Crippen LogP contribution is 2.02. The predicted octanol–water partition coefficient (Wildman–Crippen LogP) is -1.94. The molecule has 0 aliphatic rings. The van der Waals surface area contributed by atoms with Crippen LogP contribution >= 0.6 is 0 Å². The van der Waals surface area contributed by atoms with Crippen molar-refractivity contribution < 1.29 is 15.0 Å². The van der Waals surface area contributed by atoms with Crippen molar-refractivity contribution in [3.8, 4) is 0 Å². The van der Waals surface area contributed by atoms with Gasteiger partial charge >= 0.3 is 12.8 Å². The van der Waals surface area contributed by atoms with Crippen molar-refractivity contribution in [3.05, 3.63) is 22.5 Å². The van der Waals surface area contributed by atoms with E-state index in [4.69, 9.17) is 10.0 Å². The van der Waals surface area contributed by atoms with Crippen molar-refractivity contribution in [2.45, 2.75) is 0 Å². The van der Waals surface area contributed by atoms with Gasteiger partial charge < -0.3 is 10.0 Å². The van der Waals surface area contributed by atoms with Gasteiger partial charge in [0.15, 0.2) is 5.72 Å². The number of aromatic nitrogens is 2. The van der Waals surface area contributed by atoms with E-state index in [9.17, 15) is 10.1 Å². The minimum absolute atomic E-state index is 0.263. The summed E-state index contributed by atoms with van der Waals surface area (Å²) in [7, 11) is -1.80. The Hall–Kier alpha value is -1.54. The van der Waals surface area contributed by atoms with E-state index in [1.165, 1.54) is 0 Å². The molecule has 1 heterocycles. The maximum Gasteiger partial charge on any atom is 0.528 e. The third-order valence-corrected chi connectivity index (χ3v) is 1.10. The molecule has 0 atom stereocenters. The summed E-state index contributed by atoms with van der Waals surface area (Å²) in [6.45, 7) is 0. The summed E-state index contributed by atoms with van der Waals surface area (Å²) < 4.78 is 0. The van der Waals surface area contributed by atoms with Gasteiger partial charge in [-0.2, -0.15) is 0 Å². The summed E-state index contributed by atoms with van der Waals surface area (Å²) in [6.07, 6.45) is 1.81. The van der Waals surface area contributed by atoms with Crippen molar-refractivity contribution in [2.75, 3.05) is 0 Å². The van der Waals surface area contributed by atoms with Crippen molar-refractivity contribution in [3.63, 3.8) is 0 Å². The molecule has 0 aliphatic heterocycles. The van der Waals surface area contributed by atoms with E-state index in [2.05, 4.69) is 9.97 Å². The molecule has 0 saturated carbocycles. The lowest BCUT2D eigenvalue weighted by Crippen LogP contribution is -2.35. The SMILES string of the molecule is O=[N+]([O-])c1cnc(B(O)O)nc1. The van der Waals surface area contributed by atoms with E-state index in [-0.39, 0.29) is 11.4 Å². The number of rotatable bonds is 2. The molecule has 0 fully saturated rings. The zero-order chi connectivity index (χ0) is 9.14. The Labute approximate surface area is 67.0 Å². The summed E-state index contributed by atoms with van der Waals surface area (Å²) >= 11 is 0. The van der Waals surface area contributed by atoms with Gasteiger partial charge in [-0.3, -0.25) is 10.1 Å². The van der Waals surface area contributed by atoms with Gasteiger partial charge in [-0.1, -0.05) is 0 Å². The molecular formula is C4H4BN3O4. The maximum absolute atomic E-state index is 10.1. The number of nitrogens with zero attached hydrogens (tertiary/aromatic N) is 3. The van der Waals surface area contributed by atoms with Crippen molar-refractivity contribution >= 4 is 18.5 Å². The van der Waals surface area contributed by atoms with Gasteiger partial charge in [-0.05, 0) is 0 Å². The average Bonchev–Trinajstić information content (AvgIpc) is 2.04. The molecule has 0 saturated heterocycles. The van der Waals surface area contributed by atoms with Crippen molar-refractivity contribution in [1.82, 2.24) is 9.97 Å². The molecule has 1 rings (SSSR count). The smallest absolute Gasteiger partial charge is 0.421 e. The van der Waals surface area contributed by atoms with E-state index in [0.717, 1.165) is 12.4 Å². The van der Waals surface area contributed by atoms with Crippen LogP contribution in [0, 0.1) is 10.1 Å². The Morgan fingerprint density at radius 2 is 1.92 bits per heavy atom. The zero-order valence-corrected chi connectivity index (χ0v) is 5.78. The Morgan fingerprint density at radius 1 is 1.42 bits per heavy atom. The van der Waals surface area contributed by atoms with Crippen LogP contribution in [-0.2, 0) is 0 Å². The minimum atomic E-state index is -1.80. The van der Waals surface area contributed by atoms with E-state index in [1.807, 2.05) is 0 Å². The lowest BCUT2D eigenvalue weighted by molar-refractivity contribution is -0.385. The van der Waals surface area contributed by atoms with E-state index < -0.39 is 12.0 Å². The molecule has 62 valence electrons. The molecule has 0 radical (unpaired) electrons. The van der Waals surface area contributed by atoms with Crippen LogP contribution in [0.1, 0.15) is 0 Å². The minimum Gasteiger partial charge on any atom is -0.421 e. The molecule has 0 aromatic carbocycles. The molecule has 0 amide bonds. The third-order valence-electron chi connectivity index (χ3n) is 1.10. The summed E-state index contributed by atoms with van der Waals surface area (Å²) in [6, 6.07) is 0. The molecule has 0 unspecified atom stereocenters. The van der Waals surface area contributed by atoms with Crippen LogP contribution in [0.4, 0.5) is 5.69 Å². The standard InChI is InChI=1S/C4H4BN3O4/c9-5(10)4-6-1-3(2-7-4)8(11)12/h1-2,9-10H. The summed E-state index contributed by atoms with van der Waals surface area (Å²) in [5.41, 5.74) is -0.556. The van der Waals surface area contributed by atoms with E-state index >= 15 is 0 Å². The zero-order valence-electron chi connectivity index (χ0n) is 5.78. The van der Waals surface area contributed by atoms with Gasteiger partial charge in [0.05, 0.1) is 4.92 Å². The van der Waals surface area contributed by atoms with E-state index in [1.54, 1.807) is 0 Å². The van der Waals surface area contributed by atoms with Gasteiger partial charge in [0.2, 0.25) is 0 Å². The second-order valence-corrected chi connectivity index (χ2v) is 1.93. The maximum atomic E-state index is 10.1. The van der Waals surface area contributed by atoms with Gasteiger partial charge in [0.25, 0.3) is 0 Å². The first kappa shape index (κ1) is 8.56. The third kappa shape index (κ3) is 1.74. The van der Waals surface area contributed by atoms with Crippen LogP contribution in [0.5, 0.6) is 0 Å². The van der Waals surface area contributed by atoms with Gasteiger partial charge in [0.1, 0.15) is 12.4 Å². The molecule has 2 N–H and O–H groups in total. The quantitative estimate of drug-likeness (QED) is 0.303. The highest BCUT2D eigenvalue weighted by Gasteiger charge is 2.16. The Morgan fingerprint density at radius 3 is 2.25 bits per heavy atom. The van der Waals surface area contributed by atoms with E-state index in [0.29, 0.717) is 0 Å². The summed E-state index contributed by atoms with van der Waals surface area (Å²) in [4.78, 5) is 16.1. The molecule has 0 bridgehead atoms. The first-order valence-electron chi connectivity index (χ1n) is 2.93. The molecule has 0 aliphatic carbocycles. The van der Waals surface area contributed by atoms with Crippen LogP contribution in [-0.4, -0.2) is 32.1 Å². The van der Waals surface area contributed by atoms with Gasteiger partial charge in [-0.25, -0.2) is 9.97 Å². The Balaban J connectivity index is 2.93. The largest absolute Gasteiger partial charge is 0.528 e. The predicted molar refractivity (Wildman–Crippen MR) is 38.5 cm³/mol. The monoisotopic (exact) mass is 169 g/mol. The summed E-state index contributed by atoms with van der Waals surface area (Å²) in [5, 5.41) is 27.1. The first-order valence-corrected chi connectivity index (χ1v) is 2.93. The van der Waals surface area contributed by atoms with Crippen molar-refractivity contribution in [2.24, 2.45) is 0 Å². The van der Waals surface area contributed by atoms with Crippen LogP contribution in [0.3, 0.4) is 0 Å². The molecule has 7 nitrogen and oxygen atoms in total. The molecule has 1 aromatic rings. The second-order valence-electron chi connectivity index (χ2n) is 1.93. The molecule has 8 heteroatoms. The highest BCUT2D eigenvalue weighted by molar-refractivity contribution is 6.56. The molecule has 12 heavy (non-hydrogen) atoms. The Bertz CT molecular complexity index is 287.